The van der Waals surface area contributed by atoms with E-state index in [1.807, 2.05) is 255 Å². The molecule has 0 heterocycles. The molecule has 14 aromatic carbocycles. The number of benzene rings is 14. The lowest BCUT2D eigenvalue weighted by molar-refractivity contribution is 0.297. The summed E-state index contributed by atoms with van der Waals surface area (Å²) in [4.78, 5) is 0. The third kappa shape index (κ3) is 18.6. The summed E-state index contributed by atoms with van der Waals surface area (Å²) in [5.74, 6) is 6.99. The maximum absolute atomic E-state index is 15.9. The minimum absolute atomic E-state index is 0.251. The molecule has 0 saturated heterocycles. The zero-order valence-corrected chi connectivity index (χ0v) is 69.9. The average Bonchev–Trinajstić information content (AvgIpc) is 0.759. The highest BCUT2D eigenvalue weighted by atomic mass is 31.2. The van der Waals surface area contributed by atoms with E-state index >= 15 is 9.13 Å². The second kappa shape index (κ2) is 36.1. The zero-order valence-electron chi connectivity index (χ0n) is 68.2. The summed E-state index contributed by atoms with van der Waals surface area (Å²) in [7, 11) is -6.90. The molecule has 117 heavy (non-hydrogen) atoms. The van der Waals surface area contributed by atoms with Crippen LogP contribution >= 0.6 is 14.3 Å². The molecule has 0 radical (unpaired) electrons. The van der Waals surface area contributed by atoms with Gasteiger partial charge >= 0.3 is 0 Å². The Labute approximate surface area is 689 Å². The van der Waals surface area contributed by atoms with E-state index in [-0.39, 0.29) is 12.0 Å². The zero-order chi connectivity index (χ0) is 81.8. The lowest BCUT2D eigenvalue weighted by Gasteiger charge is -2.29. The number of aryl methyl sites for hydroxylation is 8. The van der Waals surface area contributed by atoms with E-state index in [9.17, 15) is 0 Å². The van der Waals surface area contributed by atoms with Crippen LogP contribution in [0.2, 0.25) is 0 Å². The summed E-state index contributed by atoms with van der Waals surface area (Å²) >= 11 is 0. The second-order valence-electron chi connectivity index (χ2n) is 30.6. The first-order valence-electron chi connectivity index (χ1n) is 39.5. The van der Waals surface area contributed by atoms with Crippen molar-refractivity contribution in [2.75, 3.05) is 0 Å². The van der Waals surface area contributed by atoms with Gasteiger partial charge in [0.05, 0.1) is 10.6 Å². The Kier molecular flexibility index (Phi) is 25.0. The van der Waals surface area contributed by atoms with Crippen LogP contribution in [0.5, 0.6) is 57.5 Å². The Morgan fingerprint density at radius 2 is 0.521 bits per heavy atom. The van der Waals surface area contributed by atoms with Crippen molar-refractivity contribution in [1.29, 1.82) is 0 Å². The molecule has 588 valence electrons. The van der Waals surface area contributed by atoms with Crippen LogP contribution in [0.25, 0.3) is 12.2 Å². The largest absolute Gasteiger partial charge is 0.489 e. The Bertz CT molecular complexity index is 5780. The van der Waals surface area contributed by atoms with Crippen molar-refractivity contribution in [2.45, 2.75) is 114 Å². The van der Waals surface area contributed by atoms with Crippen LogP contribution < -0.4 is 69.7 Å². The van der Waals surface area contributed by atoms with Crippen molar-refractivity contribution in [1.82, 2.24) is 0 Å². The van der Waals surface area contributed by atoms with Crippen molar-refractivity contribution in [3.8, 4) is 57.5 Å². The molecule has 0 amide bonds. The highest BCUT2D eigenvalue weighted by Gasteiger charge is 2.36. The summed E-state index contributed by atoms with van der Waals surface area (Å²) < 4.78 is 84.3. The monoisotopic (exact) mass is 1580 g/mol. The minimum Gasteiger partial charge on any atom is -0.489 e. The average molecular weight is 1580 g/mol. The normalized spacial score (nSPS) is 11.5. The maximum Gasteiger partial charge on any atom is 0.174 e. The Hall–Kier alpha value is -12.6. The Morgan fingerprint density at radius 3 is 0.795 bits per heavy atom. The van der Waals surface area contributed by atoms with Crippen molar-refractivity contribution in [3.63, 3.8) is 0 Å². The van der Waals surface area contributed by atoms with Gasteiger partial charge in [0.15, 0.2) is 14.3 Å². The van der Waals surface area contributed by atoms with Gasteiger partial charge < -0.3 is 47.0 Å². The summed E-state index contributed by atoms with van der Waals surface area (Å²) in [5, 5.41) is 3.95. The highest BCUT2D eigenvalue weighted by Crippen LogP contribution is 2.49. The molecule has 0 aromatic heterocycles. The molecule has 10 nitrogen and oxygen atoms in total. The van der Waals surface area contributed by atoms with Gasteiger partial charge in [0.2, 0.25) is 0 Å². The van der Waals surface area contributed by atoms with E-state index in [0.29, 0.717) is 87.9 Å². The molecule has 0 spiro atoms. The molecule has 12 heteroatoms. The van der Waals surface area contributed by atoms with Gasteiger partial charge in [-0.2, -0.15) is 0 Å². The Balaban J connectivity index is 0.583. The first-order valence-corrected chi connectivity index (χ1v) is 42.9. The van der Waals surface area contributed by atoms with E-state index in [1.54, 1.807) is 0 Å². The van der Waals surface area contributed by atoms with Crippen LogP contribution in [0.3, 0.4) is 0 Å². The fourth-order valence-electron chi connectivity index (χ4n) is 15.0. The topological polar surface area (TPSA) is 108 Å². The number of ether oxygens (including phenoxy) is 8. The van der Waals surface area contributed by atoms with Gasteiger partial charge in [0, 0.05) is 26.6 Å². The first-order chi connectivity index (χ1) is 56.6. The van der Waals surface area contributed by atoms with Crippen LogP contribution in [0.4, 0.5) is 0 Å². The SMILES string of the molecule is C=Cc1ccc(COc2ccc(OCc3ccc(COc4c(C)cc(Oc5c(C)cc(C(C)(C)c6cc(C)c(Oc7cc(C)c(OCc8ccc(COc9ccc(OCc%10ccc(C=C)cc%10)c(P(=O)(c%10ccccc%10)c%10ccccc%10)c9)cc8)c(C)c7)c(C)c6)cc5C)cc4C)cc3)c(P(=O)(c3ccccc3)c3ccccc3)c2)cc1. The molecule has 0 N–H and O–H groups in total. The minimum atomic E-state index is -3.45. The third-order valence-corrected chi connectivity index (χ3v) is 27.7. The summed E-state index contributed by atoms with van der Waals surface area (Å²) in [6.07, 6.45) is 3.63. The molecule has 0 bridgehead atoms. The van der Waals surface area contributed by atoms with Crippen LogP contribution in [0.1, 0.15) is 114 Å². The standard InChI is InChI=1S/C105H98O10P2/c1-13-79-35-39-81(40-36-79)65-108-89-51-54-98(100(63-89)117(107,95-31-23-17-24-32-95)96-33-25-18-26-34-96)111-68-84-45-49-86(50-46-84)70-113-102-77(9)61-92(62-78(102)10)115-104-73(5)57-88(58-74(104)6)105(11,12)87-55-71(3)103(72(4)56-87)114-91-59-75(7)101(76(8)60-91)112-69-85-47-43-82(44-48-85)66-109-90-52-53-97(110-67-83-41-37-80(14-2)38-42-83)99(64-90)116(106,93-27-19-15-20-28-93)94-29-21-16-22-30-94/h13-64H,1-2,65-70H2,3-12H3. The van der Waals surface area contributed by atoms with Gasteiger partial charge in [0.1, 0.15) is 97.1 Å². The summed E-state index contributed by atoms with van der Waals surface area (Å²) in [6.45, 7) is 30.9. The number of rotatable bonds is 32. The van der Waals surface area contributed by atoms with Gasteiger partial charge in [-0.3, -0.25) is 0 Å². The molecule has 0 saturated carbocycles. The maximum atomic E-state index is 15.9. The molecular weight excluding hydrogens is 1480 g/mol. The van der Waals surface area contributed by atoms with E-state index in [4.69, 9.17) is 37.9 Å². The quantitative estimate of drug-likeness (QED) is 0.0378. The van der Waals surface area contributed by atoms with E-state index < -0.39 is 14.3 Å². The van der Waals surface area contributed by atoms with Gasteiger partial charge in [-0.15, -0.1) is 0 Å². The van der Waals surface area contributed by atoms with Gasteiger partial charge in [0.25, 0.3) is 0 Å². The molecule has 0 atom stereocenters. The van der Waals surface area contributed by atoms with E-state index in [1.165, 1.54) is 11.1 Å². The molecule has 0 aliphatic rings. The van der Waals surface area contributed by atoms with Crippen LogP contribution in [-0.2, 0) is 54.2 Å². The fraction of sp³-hybridized carbons (Fsp3) is 0.162. The van der Waals surface area contributed by atoms with Crippen molar-refractivity contribution in [2.24, 2.45) is 0 Å². The lowest BCUT2D eigenvalue weighted by atomic mass is 9.76. The predicted molar refractivity (Wildman–Crippen MR) is 480 cm³/mol. The van der Waals surface area contributed by atoms with Crippen molar-refractivity contribution in [3.05, 3.63) is 417 Å². The number of hydrogen-bond acceptors (Lipinski definition) is 10. The molecule has 14 rings (SSSR count). The molecular formula is C105H98O10P2. The van der Waals surface area contributed by atoms with Gasteiger partial charge in [-0.1, -0.05) is 282 Å². The highest BCUT2D eigenvalue weighted by molar-refractivity contribution is 7.86. The smallest absolute Gasteiger partial charge is 0.174 e. The number of hydrogen-bond donors (Lipinski definition) is 0. The summed E-state index contributed by atoms with van der Waals surface area (Å²) in [6, 6.07) is 99.5. The molecule has 0 unspecified atom stereocenters. The van der Waals surface area contributed by atoms with Crippen molar-refractivity contribution >= 4 is 58.3 Å². The van der Waals surface area contributed by atoms with E-state index in [0.717, 1.165) is 124 Å². The fourth-order valence-corrected chi connectivity index (χ4v) is 20.6. The van der Waals surface area contributed by atoms with E-state index in [2.05, 4.69) is 143 Å². The molecule has 0 aliphatic heterocycles. The second-order valence-corrected chi connectivity index (χ2v) is 36.0. The van der Waals surface area contributed by atoms with Gasteiger partial charge in [-0.05, 0) is 216 Å². The van der Waals surface area contributed by atoms with Crippen LogP contribution in [0, 0.1) is 55.4 Å². The van der Waals surface area contributed by atoms with Crippen LogP contribution in [0.15, 0.2) is 316 Å². The Morgan fingerprint density at radius 1 is 0.274 bits per heavy atom. The van der Waals surface area contributed by atoms with Crippen LogP contribution in [-0.4, -0.2) is 0 Å². The van der Waals surface area contributed by atoms with Crippen molar-refractivity contribution < 1.29 is 47.0 Å². The molecule has 0 fully saturated rings. The molecule has 0 aliphatic carbocycles. The third-order valence-electron chi connectivity index (χ3n) is 21.5. The summed E-state index contributed by atoms with van der Waals surface area (Å²) in [5.41, 5.74) is 18.1. The van der Waals surface area contributed by atoms with Gasteiger partial charge in [-0.25, -0.2) is 0 Å². The predicted octanol–water partition coefficient (Wildman–Crippen LogP) is 24.1. The lowest BCUT2D eigenvalue weighted by Crippen LogP contribution is -2.26. The molecule has 14 aromatic rings. The first kappa shape index (κ1) is 81.0.